The summed E-state index contributed by atoms with van der Waals surface area (Å²) in [4.78, 5) is 4.27. The molecule has 1 N–H and O–H groups in total. The van der Waals surface area contributed by atoms with Crippen molar-refractivity contribution in [3.8, 4) is 11.4 Å². The summed E-state index contributed by atoms with van der Waals surface area (Å²) >= 11 is 0. The first-order chi connectivity index (χ1) is 10.2. The number of hydrogen-bond donors (Lipinski definition) is 1. The predicted molar refractivity (Wildman–Crippen MR) is 78.2 cm³/mol. The molecule has 1 heterocycles. The number of rotatable bonds is 4. The van der Waals surface area contributed by atoms with Crippen LogP contribution in [0.25, 0.3) is 11.4 Å². The molecule has 2 aromatic carbocycles. The molecule has 0 amide bonds. The minimum absolute atomic E-state index is 0.307. The standard InChI is InChI=1S/C16H14FN3O/c1-11-7-12(9-13(17)8-11)16-19-15(21-20-16)10-18-14-5-3-2-4-6-14/h2-9,18H,10H2,1H3. The second kappa shape index (κ2) is 5.75. The van der Waals surface area contributed by atoms with Gasteiger partial charge in [-0.3, -0.25) is 0 Å². The van der Waals surface area contributed by atoms with E-state index in [0.717, 1.165) is 11.3 Å². The topological polar surface area (TPSA) is 51.0 Å². The molecule has 0 fully saturated rings. The van der Waals surface area contributed by atoms with Crippen LogP contribution in [0.15, 0.2) is 53.1 Å². The fourth-order valence-electron chi connectivity index (χ4n) is 2.04. The molecule has 0 saturated heterocycles. The van der Waals surface area contributed by atoms with Gasteiger partial charge in [-0.1, -0.05) is 23.4 Å². The van der Waals surface area contributed by atoms with E-state index in [1.807, 2.05) is 43.3 Å². The van der Waals surface area contributed by atoms with E-state index in [9.17, 15) is 4.39 Å². The summed E-state index contributed by atoms with van der Waals surface area (Å²) in [6, 6.07) is 14.4. The number of benzene rings is 2. The molecule has 0 unspecified atom stereocenters. The third-order valence-corrected chi connectivity index (χ3v) is 2.99. The first-order valence-electron chi connectivity index (χ1n) is 6.60. The van der Waals surface area contributed by atoms with Crippen molar-refractivity contribution in [1.82, 2.24) is 10.1 Å². The van der Waals surface area contributed by atoms with Crippen LogP contribution >= 0.6 is 0 Å². The van der Waals surface area contributed by atoms with Gasteiger partial charge in [-0.15, -0.1) is 0 Å². The highest BCUT2D eigenvalue weighted by molar-refractivity contribution is 5.55. The van der Waals surface area contributed by atoms with Crippen LogP contribution in [0.5, 0.6) is 0 Å². The SMILES string of the molecule is Cc1cc(F)cc(-c2noc(CNc3ccccc3)n2)c1. The zero-order valence-corrected chi connectivity index (χ0v) is 11.5. The molecule has 0 radical (unpaired) electrons. The second-order valence-electron chi connectivity index (χ2n) is 4.75. The largest absolute Gasteiger partial charge is 0.376 e. The molecule has 4 nitrogen and oxygen atoms in total. The molecule has 0 atom stereocenters. The maximum Gasteiger partial charge on any atom is 0.246 e. The van der Waals surface area contributed by atoms with Crippen molar-refractivity contribution in [2.24, 2.45) is 0 Å². The van der Waals surface area contributed by atoms with Crippen LogP contribution in [0.1, 0.15) is 11.5 Å². The smallest absolute Gasteiger partial charge is 0.246 e. The van der Waals surface area contributed by atoms with Crippen LogP contribution in [-0.4, -0.2) is 10.1 Å². The quantitative estimate of drug-likeness (QED) is 0.791. The zero-order valence-electron chi connectivity index (χ0n) is 11.5. The number of nitrogens with zero attached hydrogens (tertiary/aromatic N) is 2. The fraction of sp³-hybridized carbons (Fsp3) is 0.125. The molecule has 3 rings (SSSR count). The van der Waals surface area contributed by atoms with Gasteiger partial charge in [0.2, 0.25) is 11.7 Å². The Morgan fingerprint density at radius 1 is 1.14 bits per heavy atom. The normalized spacial score (nSPS) is 10.6. The van der Waals surface area contributed by atoms with Crippen LogP contribution in [0, 0.1) is 12.7 Å². The van der Waals surface area contributed by atoms with Crippen molar-refractivity contribution in [1.29, 1.82) is 0 Å². The van der Waals surface area contributed by atoms with Crippen molar-refractivity contribution in [2.75, 3.05) is 5.32 Å². The van der Waals surface area contributed by atoms with Gasteiger partial charge in [0.1, 0.15) is 5.82 Å². The lowest BCUT2D eigenvalue weighted by atomic mass is 10.1. The van der Waals surface area contributed by atoms with Crippen molar-refractivity contribution < 1.29 is 8.91 Å². The Labute approximate surface area is 121 Å². The second-order valence-corrected chi connectivity index (χ2v) is 4.75. The van der Waals surface area contributed by atoms with Gasteiger partial charge in [-0.05, 0) is 42.8 Å². The molecular formula is C16H14FN3O. The van der Waals surface area contributed by atoms with Crippen LogP contribution in [0.3, 0.4) is 0 Å². The average molecular weight is 283 g/mol. The fourth-order valence-corrected chi connectivity index (χ4v) is 2.04. The molecule has 0 aliphatic heterocycles. The molecular weight excluding hydrogens is 269 g/mol. The van der Waals surface area contributed by atoms with Crippen LogP contribution < -0.4 is 5.32 Å². The Bertz CT molecular complexity index is 720. The minimum Gasteiger partial charge on any atom is -0.376 e. The third kappa shape index (κ3) is 3.25. The summed E-state index contributed by atoms with van der Waals surface area (Å²) < 4.78 is 18.6. The number of aromatic nitrogens is 2. The van der Waals surface area contributed by atoms with Gasteiger partial charge in [0.05, 0.1) is 6.54 Å². The molecule has 21 heavy (non-hydrogen) atoms. The number of halogens is 1. The molecule has 106 valence electrons. The van der Waals surface area contributed by atoms with Crippen LogP contribution in [0.2, 0.25) is 0 Å². The highest BCUT2D eigenvalue weighted by Crippen LogP contribution is 2.19. The van der Waals surface area contributed by atoms with Crippen molar-refractivity contribution in [3.05, 3.63) is 65.8 Å². The highest BCUT2D eigenvalue weighted by atomic mass is 19.1. The van der Waals surface area contributed by atoms with Gasteiger partial charge < -0.3 is 9.84 Å². The maximum atomic E-state index is 13.4. The van der Waals surface area contributed by atoms with Gasteiger partial charge in [-0.2, -0.15) is 4.98 Å². The molecule has 0 spiro atoms. The van der Waals surface area contributed by atoms with Gasteiger partial charge in [0.15, 0.2) is 0 Å². The van der Waals surface area contributed by atoms with Crippen molar-refractivity contribution >= 4 is 5.69 Å². The Balaban J connectivity index is 1.74. The monoisotopic (exact) mass is 283 g/mol. The molecule has 3 aromatic rings. The highest BCUT2D eigenvalue weighted by Gasteiger charge is 2.10. The summed E-state index contributed by atoms with van der Waals surface area (Å²) in [6.45, 7) is 2.25. The first-order valence-corrected chi connectivity index (χ1v) is 6.60. The van der Waals surface area contributed by atoms with Crippen LogP contribution in [0.4, 0.5) is 10.1 Å². The van der Waals surface area contributed by atoms with E-state index in [1.54, 1.807) is 0 Å². The van der Waals surface area contributed by atoms with E-state index in [1.165, 1.54) is 12.1 Å². The summed E-state index contributed by atoms with van der Waals surface area (Å²) in [5.41, 5.74) is 2.40. The lowest BCUT2D eigenvalue weighted by molar-refractivity contribution is 0.384. The van der Waals surface area contributed by atoms with Gasteiger partial charge >= 0.3 is 0 Å². The van der Waals surface area contributed by atoms with Gasteiger partial charge in [-0.25, -0.2) is 4.39 Å². The molecule has 5 heteroatoms. The average Bonchev–Trinajstić information content (AvgIpc) is 2.94. The molecule has 0 aliphatic rings. The Morgan fingerprint density at radius 3 is 2.71 bits per heavy atom. The zero-order chi connectivity index (χ0) is 14.7. The van der Waals surface area contributed by atoms with Gasteiger partial charge in [0, 0.05) is 11.3 Å². The Kier molecular flexibility index (Phi) is 3.64. The van der Waals surface area contributed by atoms with Crippen LogP contribution in [-0.2, 0) is 6.54 Å². The van der Waals surface area contributed by atoms with Gasteiger partial charge in [0.25, 0.3) is 0 Å². The van der Waals surface area contributed by atoms with Crippen molar-refractivity contribution in [3.63, 3.8) is 0 Å². The summed E-state index contributed by atoms with van der Waals surface area (Å²) in [5.74, 6) is 0.539. The first kappa shape index (κ1) is 13.3. The lowest BCUT2D eigenvalue weighted by Gasteiger charge is -2.01. The van der Waals surface area contributed by atoms with E-state index < -0.39 is 0 Å². The number of hydrogen-bond acceptors (Lipinski definition) is 4. The number of nitrogens with one attached hydrogen (secondary N) is 1. The number of aryl methyl sites for hydroxylation is 1. The maximum absolute atomic E-state index is 13.4. The Hall–Kier alpha value is -2.69. The minimum atomic E-state index is -0.307. The van der Waals surface area contributed by atoms with E-state index in [0.29, 0.717) is 23.8 Å². The van der Waals surface area contributed by atoms with E-state index in [4.69, 9.17) is 4.52 Å². The molecule has 0 bridgehead atoms. The molecule has 0 aliphatic carbocycles. The Morgan fingerprint density at radius 2 is 1.95 bits per heavy atom. The number of anilines is 1. The van der Waals surface area contributed by atoms with E-state index >= 15 is 0 Å². The molecule has 0 saturated carbocycles. The number of para-hydroxylation sites is 1. The summed E-state index contributed by atoms with van der Waals surface area (Å²) in [6.07, 6.45) is 0. The van der Waals surface area contributed by atoms with E-state index in [2.05, 4.69) is 15.5 Å². The lowest BCUT2D eigenvalue weighted by Crippen LogP contribution is -1.99. The summed E-state index contributed by atoms with van der Waals surface area (Å²) in [7, 11) is 0. The summed E-state index contributed by atoms with van der Waals surface area (Å²) in [5, 5.41) is 7.07. The van der Waals surface area contributed by atoms with Crippen molar-refractivity contribution in [2.45, 2.75) is 13.5 Å². The molecule has 1 aromatic heterocycles. The van der Waals surface area contributed by atoms with E-state index in [-0.39, 0.29) is 5.82 Å². The predicted octanol–water partition coefficient (Wildman–Crippen LogP) is 3.80. The third-order valence-electron chi connectivity index (χ3n) is 2.99.